The zero-order chi connectivity index (χ0) is 34.2. The van der Waals surface area contributed by atoms with Crippen molar-refractivity contribution >= 4 is 17.9 Å². The summed E-state index contributed by atoms with van der Waals surface area (Å²) in [6.45, 7) is 18.4. The van der Waals surface area contributed by atoms with E-state index in [1.165, 1.54) is 0 Å². The second-order valence-electron chi connectivity index (χ2n) is 14.9. The van der Waals surface area contributed by atoms with Crippen LogP contribution in [0.4, 0.5) is 0 Å². The van der Waals surface area contributed by atoms with Gasteiger partial charge in [0.25, 0.3) is 0 Å². The second-order valence-corrected chi connectivity index (χ2v) is 14.9. The molecule has 0 aromatic carbocycles. The molecule has 0 aliphatic carbocycles. The Labute approximate surface area is 268 Å². The van der Waals surface area contributed by atoms with Gasteiger partial charge in [0, 0.05) is 51.7 Å². The van der Waals surface area contributed by atoms with Gasteiger partial charge in [0.1, 0.15) is 18.1 Å². The maximum absolute atomic E-state index is 12.8. The number of carboxylic acid groups (broad SMARTS) is 3. The molecule has 0 saturated heterocycles. The highest BCUT2D eigenvalue weighted by atomic mass is 16.4. The molecule has 0 bridgehead atoms. The number of carboxylic acids is 3. The Balaban J connectivity index is 2.51. The predicted molar refractivity (Wildman–Crippen MR) is 174 cm³/mol. The summed E-state index contributed by atoms with van der Waals surface area (Å²) in [5.74, 6) is -2.93. The summed E-state index contributed by atoms with van der Waals surface area (Å²) in [5.41, 5.74) is -0.497. The van der Waals surface area contributed by atoms with Crippen LogP contribution in [0.15, 0.2) is 48.8 Å². The molecular weight excluding hydrogens is 574 g/mol. The fraction of sp³-hybridized carbons (Fsp3) is 0.618. The number of carbonyl (C=O) groups is 3. The molecule has 11 nitrogen and oxygen atoms in total. The van der Waals surface area contributed by atoms with Gasteiger partial charge in [-0.15, -0.1) is 0 Å². The third kappa shape index (κ3) is 11.5. The Morgan fingerprint density at radius 1 is 0.556 bits per heavy atom. The number of pyridine rings is 2. The molecule has 0 saturated carbocycles. The molecule has 250 valence electrons. The van der Waals surface area contributed by atoms with Crippen LogP contribution in [0.5, 0.6) is 0 Å². The van der Waals surface area contributed by atoms with Crippen LogP contribution >= 0.6 is 0 Å². The molecule has 2 heterocycles. The van der Waals surface area contributed by atoms with Crippen molar-refractivity contribution in [3.63, 3.8) is 0 Å². The molecule has 0 aliphatic rings. The Hall–Kier alpha value is -3.41. The van der Waals surface area contributed by atoms with Crippen molar-refractivity contribution in [1.29, 1.82) is 0 Å². The van der Waals surface area contributed by atoms with Crippen LogP contribution in [0.1, 0.15) is 73.7 Å². The minimum absolute atomic E-state index is 0.242. The summed E-state index contributed by atoms with van der Waals surface area (Å²) >= 11 is 0. The number of rotatable bonds is 16. The van der Waals surface area contributed by atoms with Crippen molar-refractivity contribution in [3.05, 3.63) is 60.2 Å². The second kappa shape index (κ2) is 15.7. The molecule has 0 radical (unpaired) electrons. The first-order chi connectivity index (χ1) is 20.7. The van der Waals surface area contributed by atoms with Gasteiger partial charge in [0.2, 0.25) is 0 Å². The first-order valence-corrected chi connectivity index (χ1v) is 15.4. The monoisotopic (exact) mass is 627 g/mol. The average Bonchev–Trinajstić information content (AvgIpc) is 2.88. The fourth-order valence-electron chi connectivity index (χ4n) is 6.11. The smallest absolute Gasteiger partial charge is 0.321 e. The van der Waals surface area contributed by atoms with Crippen molar-refractivity contribution in [2.24, 2.45) is 16.2 Å². The molecule has 3 N–H and O–H groups in total. The summed E-state index contributed by atoms with van der Waals surface area (Å²) in [7, 11) is 0. The normalized spacial score (nSPS) is 14.8. The molecule has 3 unspecified atom stereocenters. The molecule has 11 heteroatoms. The standard InChI is InChI=1S/C34H53N5O6/c1-32(2,3)26(29(40)41)37(18-20-38(22-24-14-10-12-16-35-24)27(30(42)43)33(4,5)6)19-21-39(23-25-15-11-13-17-36-25)28(31(44)45)34(7,8)9/h10-17,26-28H,18-23H2,1-9H3,(H,40,41)(H,42,43)(H,44,45). The molecule has 0 aliphatic heterocycles. The van der Waals surface area contributed by atoms with E-state index < -0.39 is 52.3 Å². The Bertz CT molecular complexity index is 1160. The first-order valence-electron chi connectivity index (χ1n) is 15.4. The van der Waals surface area contributed by atoms with Crippen LogP contribution in [0.25, 0.3) is 0 Å². The molecule has 2 rings (SSSR count). The summed E-state index contributed by atoms with van der Waals surface area (Å²) < 4.78 is 0. The van der Waals surface area contributed by atoms with Gasteiger partial charge in [0.15, 0.2) is 0 Å². The minimum Gasteiger partial charge on any atom is -0.480 e. The third-order valence-corrected chi connectivity index (χ3v) is 7.79. The highest BCUT2D eigenvalue weighted by Crippen LogP contribution is 2.30. The predicted octanol–water partition coefficient (Wildman–Crippen LogP) is 4.58. The summed E-state index contributed by atoms with van der Waals surface area (Å²) in [6.07, 6.45) is 3.33. The van der Waals surface area contributed by atoms with Crippen molar-refractivity contribution in [2.45, 2.75) is 93.5 Å². The lowest BCUT2D eigenvalue weighted by atomic mass is 9.84. The van der Waals surface area contributed by atoms with E-state index in [-0.39, 0.29) is 39.3 Å². The van der Waals surface area contributed by atoms with E-state index >= 15 is 0 Å². The van der Waals surface area contributed by atoms with Crippen molar-refractivity contribution in [3.8, 4) is 0 Å². The molecule has 3 atom stereocenters. The molecule has 45 heavy (non-hydrogen) atoms. The van der Waals surface area contributed by atoms with Crippen LogP contribution in [0.2, 0.25) is 0 Å². The quantitative estimate of drug-likeness (QED) is 0.240. The highest BCUT2D eigenvalue weighted by molar-refractivity contribution is 5.75. The summed E-state index contributed by atoms with van der Waals surface area (Å²) in [4.78, 5) is 52.4. The maximum Gasteiger partial charge on any atom is 0.321 e. The van der Waals surface area contributed by atoms with Crippen LogP contribution in [-0.2, 0) is 27.5 Å². The Kier molecular flexibility index (Phi) is 13.2. The zero-order valence-corrected chi connectivity index (χ0v) is 28.4. The first kappa shape index (κ1) is 37.8. The van der Waals surface area contributed by atoms with Crippen molar-refractivity contribution < 1.29 is 29.7 Å². The van der Waals surface area contributed by atoms with Gasteiger partial charge >= 0.3 is 17.9 Å². The van der Waals surface area contributed by atoms with E-state index in [9.17, 15) is 29.7 Å². The maximum atomic E-state index is 12.8. The topological polar surface area (TPSA) is 147 Å². The fourth-order valence-corrected chi connectivity index (χ4v) is 6.11. The lowest BCUT2D eigenvalue weighted by Gasteiger charge is -2.43. The van der Waals surface area contributed by atoms with E-state index in [0.29, 0.717) is 11.4 Å². The van der Waals surface area contributed by atoms with Crippen LogP contribution in [-0.4, -0.2) is 102 Å². The van der Waals surface area contributed by atoms with E-state index in [1.807, 2.05) is 101 Å². The molecule has 2 aromatic heterocycles. The van der Waals surface area contributed by atoms with Crippen LogP contribution < -0.4 is 0 Å². The van der Waals surface area contributed by atoms with E-state index in [1.54, 1.807) is 24.5 Å². The minimum atomic E-state index is -0.994. The van der Waals surface area contributed by atoms with Crippen molar-refractivity contribution in [2.75, 3.05) is 26.2 Å². The highest BCUT2D eigenvalue weighted by Gasteiger charge is 2.41. The van der Waals surface area contributed by atoms with Crippen molar-refractivity contribution in [1.82, 2.24) is 24.7 Å². The van der Waals surface area contributed by atoms with Gasteiger partial charge in [-0.05, 0) is 40.5 Å². The SMILES string of the molecule is CC(C)(C)C(C(=O)O)N(CCN(Cc1ccccn1)C(C(=O)O)C(C)(C)C)CCN(Cc1ccccn1)C(C(=O)O)C(C)(C)C. The molecule has 0 amide bonds. The molecule has 2 aromatic rings. The van der Waals surface area contributed by atoms with Gasteiger partial charge in [-0.3, -0.25) is 39.1 Å². The van der Waals surface area contributed by atoms with Gasteiger partial charge in [-0.1, -0.05) is 74.4 Å². The Morgan fingerprint density at radius 2 is 0.844 bits per heavy atom. The number of nitrogens with zero attached hydrogens (tertiary/aromatic N) is 5. The van der Waals surface area contributed by atoms with Crippen LogP contribution in [0.3, 0.4) is 0 Å². The molecule has 0 spiro atoms. The molecular formula is C34H53N5O6. The lowest BCUT2D eigenvalue weighted by molar-refractivity contribution is -0.152. The van der Waals surface area contributed by atoms with Gasteiger partial charge in [-0.2, -0.15) is 0 Å². The van der Waals surface area contributed by atoms with E-state index in [2.05, 4.69) is 9.97 Å². The largest absolute Gasteiger partial charge is 0.480 e. The summed E-state index contributed by atoms with van der Waals surface area (Å²) in [6, 6.07) is 8.34. The summed E-state index contributed by atoms with van der Waals surface area (Å²) in [5, 5.41) is 31.1. The molecule has 0 fully saturated rings. The number of aliphatic carboxylic acids is 3. The van der Waals surface area contributed by atoms with Gasteiger partial charge < -0.3 is 15.3 Å². The average molecular weight is 628 g/mol. The third-order valence-electron chi connectivity index (χ3n) is 7.79. The van der Waals surface area contributed by atoms with E-state index in [4.69, 9.17) is 0 Å². The number of hydrogen-bond donors (Lipinski definition) is 3. The van der Waals surface area contributed by atoms with E-state index in [0.717, 1.165) is 0 Å². The lowest BCUT2D eigenvalue weighted by Crippen LogP contribution is -2.57. The number of aromatic nitrogens is 2. The van der Waals surface area contributed by atoms with Gasteiger partial charge in [0.05, 0.1) is 11.4 Å². The Morgan fingerprint density at radius 3 is 1.09 bits per heavy atom. The van der Waals surface area contributed by atoms with Crippen LogP contribution in [0, 0.1) is 16.2 Å². The zero-order valence-electron chi connectivity index (χ0n) is 28.4. The van der Waals surface area contributed by atoms with Gasteiger partial charge in [-0.25, -0.2) is 0 Å². The number of hydrogen-bond acceptors (Lipinski definition) is 8.